The lowest BCUT2D eigenvalue weighted by molar-refractivity contribution is -0.0709. The SMILES string of the molecule is CC(C)(N)CC1(c2csc3ccccc23)COC1. The first kappa shape index (κ1) is 12.2. The van der Waals surface area contributed by atoms with Gasteiger partial charge in [0.2, 0.25) is 0 Å². The van der Waals surface area contributed by atoms with Crippen LogP contribution in [0.2, 0.25) is 0 Å². The molecule has 0 amide bonds. The zero-order valence-electron chi connectivity index (χ0n) is 10.9. The van der Waals surface area contributed by atoms with Gasteiger partial charge in [-0.25, -0.2) is 0 Å². The summed E-state index contributed by atoms with van der Waals surface area (Å²) >= 11 is 1.82. The van der Waals surface area contributed by atoms with Gasteiger partial charge in [0.05, 0.1) is 13.2 Å². The predicted octanol–water partition coefficient (Wildman–Crippen LogP) is 3.30. The summed E-state index contributed by atoms with van der Waals surface area (Å²) in [6, 6.07) is 8.61. The van der Waals surface area contributed by atoms with Crippen LogP contribution in [0.3, 0.4) is 0 Å². The van der Waals surface area contributed by atoms with Gasteiger partial charge in [-0.1, -0.05) is 18.2 Å². The molecule has 0 radical (unpaired) electrons. The van der Waals surface area contributed by atoms with Crippen LogP contribution in [0.15, 0.2) is 29.6 Å². The molecule has 0 bridgehead atoms. The van der Waals surface area contributed by atoms with Crippen molar-refractivity contribution in [2.75, 3.05) is 13.2 Å². The second-order valence-electron chi connectivity index (χ2n) is 6.08. The quantitative estimate of drug-likeness (QED) is 0.920. The van der Waals surface area contributed by atoms with Gasteiger partial charge in [-0.15, -0.1) is 11.3 Å². The normalized spacial score (nSPS) is 18.8. The van der Waals surface area contributed by atoms with Crippen molar-refractivity contribution in [3.8, 4) is 0 Å². The fourth-order valence-corrected chi connectivity index (χ4v) is 4.05. The van der Waals surface area contributed by atoms with E-state index in [0.29, 0.717) is 0 Å². The van der Waals surface area contributed by atoms with Crippen molar-refractivity contribution < 1.29 is 4.74 Å². The van der Waals surface area contributed by atoms with Gasteiger partial charge in [-0.3, -0.25) is 0 Å². The molecule has 3 heteroatoms. The summed E-state index contributed by atoms with van der Waals surface area (Å²) in [7, 11) is 0. The number of hydrogen-bond acceptors (Lipinski definition) is 3. The van der Waals surface area contributed by atoms with Crippen molar-refractivity contribution in [1.29, 1.82) is 0 Å². The summed E-state index contributed by atoms with van der Waals surface area (Å²) in [4.78, 5) is 0. The molecule has 1 aliphatic rings. The molecule has 2 heterocycles. The van der Waals surface area contributed by atoms with E-state index < -0.39 is 0 Å². The summed E-state index contributed by atoms with van der Waals surface area (Å²) in [5.74, 6) is 0. The van der Waals surface area contributed by atoms with Crippen molar-refractivity contribution in [2.45, 2.75) is 31.2 Å². The Bertz CT molecular complexity index is 563. The van der Waals surface area contributed by atoms with E-state index in [1.165, 1.54) is 15.6 Å². The maximum atomic E-state index is 6.23. The molecular formula is C15H19NOS. The molecule has 1 aromatic carbocycles. The molecule has 96 valence electrons. The van der Waals surface area contributed by atoms with Crippen LogP contribution in [0.5, 0.6) is 0 Å². The molecule has 1 aliphatic heterocycles. The molecule has 0 unspecified atom stereocenters. The lowest BCUT2D eigenvalue weighted by atomic mass is 9.71. The van der Waals surface area contributed by atoms with Crippen molar-refractivity contribution in [3.63, 3.8) is 0 Å². The summed E-state index contributed by atoms with van der Waals surface area (Å²) in [5.41, 5.74) is 7.62. The number of thiophene rings is 1. The van der Waals surface area contributed by atoms with E-state index in [9.17, 15) is 0 Å². The van der Waals surface area contributed by atoms with E-state index in [4.69, 9.17) is 10.5 Å². The smallest absolute Gasteiger partial charge is 0.0586 e. The molecule has 2 N–H and O–H groups in total. The minimum atomic E-state index is -0.160. The van der Waals surface area contributed by atoms with Crippen molar-refractivity contribution >= 4 is 21.4 Å². The number of hydrogen-bond donors (Lipinski definition) is 1. The first-order valence-electron chi connectivity index (χ1n) is 6.34. The third kappa shape index (κ3) is 1.96. The van der Waals surface area contributed by atoms with Crippen LogP contribution in [0, 0.1) is 0 Å². The van der Waals surface area contributed by atoms with Crippen LogP contribution in [-0.2, 0) is 10.2 Å². The Morgan fingerprint density at radius 3 is 2.67 bits per heavy atom. The number of nitrogens with two attached hydrogens (primary N) is 1. The second kappa shape index (κ2) is 4.05. The number of ether oxygens (including phenoxy) is 1. The Morgan fingerprint density at radius 2 is 2.06 bits per heavy atom. The molecule has 2 nitrogen and oxygen atoms in total. The summed E-state index contributed by atoms with van der Waals surface area (Å²) < 4.78 is 6.86. The molecule has 1 aromatic heterocycles. The van der Waals surface area contributed by atoms with Crippen molar-refractivity contribution in [3.05, 3.63) is 35.2 Å². The third-order valence-corrected chi connectivity index (χ3v) is 4.57. The first-order valence-corrected chi connectivity index (χ1v) is 7.22. The summed E-state index contributed by atoms with van der Waals surface area (Å²) in [6.07, 6.45) is 0.973. The molecule has 1 saturated heterocycles. The van der Waals surface area contributed by atoms with E-state index in [2.05, 4.69) is 43.5 Å². The maximum absolute atomic E-state index is 6.23. The standard InChI is InChI=1S/C15H19NOS/c1-14(2,16)8-15(9-17-10-15)12-7-18-13-6-4-3-5-11(12)13/h3-7H,8-10,16H2,1-2H3. The molecular weight excluding hydrogens is 242 g/mol. The molecule has 0 spiro atoms. The van der Waals surface area contributed by atoms with Crippen LogP contribution in [0.1, 0.15) is 25.8 Å². The van der Waals surface area contributed by atoms with Gasteiger partial charge in [-0.2, -0.15) is 0 Å². The molecule has 18 heavy (non-hydrogen) atoms. The minimum absolute atomic E-state index is 0.123. The van der Waals surface area contributed by atoms with E-state index in [1.807, 2.05) is 11.3 Å². The Labute approximate surface area is 112 Å². The fourth-order valence-electron chi connectivity index (χ4n) is 2.96. The molecule has 0 aliphatic carbocycles. The van der Waals surface area contributed by atoms with Crippen molar-refractivity contribution in [2.24, 2.45) is 5.73 Å². The predicted molar refractivity (Wildman–Crippen MR) is 77.2 cm³/mol. The Kier molecular flexibility index (Phi) is 2.73. The Balaban J connectivity index is 2.06. The van der Waals surface area contributed by atoms with Gasteiger partial charge in [0, 0.05) is 15.7 Å². The van der Waals surface area contributed by atoms with E-state index >= 15 is 0 Å². The van der Waals surface area contributed by atoms with Gasteiger partial charge in [0.15, 0.2) is 0 Å². The van der Waals surface area contributed by atoms with Crippen LogP contribution < -0.4 is 5.73 Å². The first-order chi connectivity index (χ1) is 8.50. The van der Waals surface area contributed by atoms with Crippen LogP contribution in [0.25, 0.3) is 10.1 Å². The lowest BCUT2D eigenvalue weighted by Crippen LogP contribution is -2.53. The largest absolute Gasteiger partial charge is 0.379 e. The van der Waals surface area contributed by atoms with Gasteiger partial charge >= 0.3 is 0 Å². The van der Waals surface area contributed by atoms with Gasteiger partial charge in [0.1, 0.15) is 0 Å². The minimum Gasteiger partial charge on any atom is -0.379 e. The van der Waals surface area contributed by atoms with Crippen molar-refractivity contribution in [1.82, 2.24) is 0 Å². The molecule has 3 rings (SSSR count). The van der Waals surface area contributed by atoms with Gasteiger partial charge in [-0.05, 0) is 42.7 Å². The van der Waals surface area contributed by atoms with E-state index in [-0.39, 0.29) is 11.0 Å². The molecule has 0 saturated carbocycles. The zero-order chi connectivity index (χ0) is 12.8. The summed E-state index contributed by atoms with van der Waals surface area (Å²) in [5, 5.41) is 3.66. The highest BCUT2D eigenvalue weighted by Gasteiger charge is 2.44. The molecule has 0 atom stereocenters. The highest BCUT2D eigenvalue weighted by Crippen LogP contribution is 2.43. The number of rotatable bonds is 3. The van der Waals surface area contributed by atoms with E-state index in [1.54, 1.807) is 0 Å². The fraction of sp³-hybridized carbons (Fsp3) is 0.467. The van der Waals surface area contributed by atoms with Gasteiger partial charge in [0.25, 0.3) is 0 Å². The van der Waals surface area contributed by atoms with Crippen LogP contribution in [0.4, 0.5) is 0 Å². The number of fused-ring (bicyclic) bond motifs is 1. The lowest BCUT2D eigenvalue weighted by Gasteiger charge is -2.45. The maximum Gasteiger partial charge on any atom is 0.0586 e. The molecule has 2 aromatic rings. The van der Waals surface area contributed by atoms with Crippen LogP contribution >= 0.6 is 11.3 Å². The zero-order valence-corrected chi connectivity index (χ0v) is 11.7. The second-order valence-corrected chi connectivity index (χ2v) is 7.00. The topological polar surface area (TPSA) is 35.2 Å². The average molecular weight is 261 g/mol. The third-order valence-electron chi connectivity index (χ3n) is 3.60. The highest BCUT2D eigenvalue weighted by molar-refractivity contribution is 7.17. The van der Waals surface area contributed by atoms with Gasteiger partial charge < -0.3 is 10.5 Å². The molecule has 1 fully saturated rings. The Hall–Kier alpha value is -0.900. The number of benzene rings is 1. The van der Waals surface area contributed by atoms with Crippen LogP contribution in [-0.4, -0.2) is 18.8 Å². The summed E-state index contributed by atoms with van der Waals surface area (Å²) in [6.45, 7) is 5.80. The monoisotopic (exact) mass is 261 g/mol. The highest BCUT2D eigenvalue weighted by atomic mass is 32.1. The average Bonchev–Trinajstić information content (AvgIpc) is 2.66. The Morgan fingerprint density at radius 1 is 1.33 bits per heavy atom. The van der Waals surface area contributed by atoms with E-state index in [0.717, 1.165) is 19.6 Å².